The van der Waals surface area contributed by atoms with Gasteiger partial charge in [-0.25, -0.2) is 0 Å². The van der Waals surface area contributed by atoms with Crippen LogP contribution in [0, 0.1) is 0 Å². The normalized spacial score (nSPS) is 17.3. The zero-order valence-electron chi connectivity index (χ0n) is 9.27. The van der Waals surface area contributed by atoms with Crippen LogP contribution < -0.4 is 0 Å². The predicted molar refractivity (Wildman–Crippen MR) is 63.7 cm³/mol. The minimum absolute atomic E-state index is 1.04. The van der Waals surface area contributed by atoms with Crippen molar-refractivity contribution in [3.8, 4) is 0 Å². The lowest BCUT2D eigenvalue weighted by Crippen LogP contribution is -2.34. The van der Waals surface area contributed by atoms with Crippen molar-refractivity contribution in [1.82, 2.24) is 0 Å². The van der Waals surface area contributed by atoms with Crippen LogP contribution in [-0.2, 0) is 0 Å². The van der Waals surface area contributed by atoms with E-state index in [1.807, 2.05) is 0 Å². The molecule has 0 bridgehead atoms. The molecule has 0 N–H and O–H groups in total. The van der Waals surface area contributed by atoms with Crippen molar-refractivity contribution in [1.29, 1.82) is 0 Å². The molecule has 0 unspecified atom stereocenters. The van der Waals surface area contributed by atoms with Crippen LogP contribution in [0.2, 0.25) is 18.1 Å². The molecule has 0 heterocycles. The van der Waals surface area contributed by atoms with Crippen LogP contribution >= 0.6 is 0 Å². The molecule has 0 radical (unpaired) electrons. The lowest BCUT2D eigenvalue weighted by Gasteiger charge is -2.30. The van der Waals surface area contributed by atoms with Gasteiger partial charge in [0.2, 0.25) is 0 Å². The van der Waals surface area contributed by atoms with Gasteiger partial charge in [-0.05, 0) is 12.8 Å². The molecule has 0 spiro atoms. The SMILES string of the molecule is CC[Si](CC)(CC)C1=CCCC=C1. The molecule has 0 saturated heterocycles. The van der Waals surface area contributed by atoms with Crippen molar-refractivity contribution >= 4 is 8.07 Å². The fourth-order valence-corrected chi connectivity index (χ4v) is 6.14. The van der Waals surface area contributed by atoms with Gasteiger partial charge in [-0.3, -0.25) is 0 Å². The van der Waals surface area contributed by atoms with Gasteiger partial charge in [-0.15, -0.1) is 0 Å². The molecule has 13 heavy (non-hydrogen) atoms. The fourth-order valence-electron chi connectivity index (χ4n) is 2.37. The largest absolute Gasteiger partial charge is 0.0854 e. The molecule has 0 atom stereocenters. The summed E-state index contributed by atoms with van der Waals surface area (Å²) < 4.78 is 0. The molecule has 0 aromatic heterocycles. The van der Waals surface area contributed by atoms with Crippen molar-refractivity contribution in [3.05, 3.63) is 23.4 Å². The molecule has 1 aliphatic carbocycles. The Morgan fingerprint density at radius 1 is 1.08 bits per heavy atom. The van der Waals surface area contributed by atoms with E-state index in [1.165, 1.54) is 31.0 Å². The first-order valence-electron chi connectivity index (χ1n) is 5.66. The molecule has 0 aromatic rings. The van der Waals surface area contributed by atoms with Crippen LogP contribution in [0.4, 0.5) is 0 Å². The van der Waals surface area contributed by atoms with E-state index in [9.17, 15) is 0 Å². The third-order valence-electron chi connectivity index (χ3n) is 3.64. The van der Waals surface area contributed by atoms with Gasteiger partial charge in [-0.2, -0.15) is 0 Å². The molecule has 1 heteroatoms. The van der Waals surface area contributed by atoms with Gasteiger partial charge >= 0.3 is 0 Å². The van der Waals surface area contributed by atoms with Gasteiger partial charge in [0, 0.05) is 0 Å². The molecular formula is C12H22Si. The molecule has 74 valence electrons. The maximum atomic E-state index is 2.50. The molecule has 0 fully saturated rings. The Labute approximate surface area is 83.7 Å². The molecule has 0 saturated carbocycles. The highest BCUT2D eigenvalue weighted by atomic mass is 28.3. The Morgan fingerprint density at radius 3 is 2.08 bits per heavy atom. The summed E-state index contributed by atoms with van der Waals surface area (Å²) >= 11 is 0. The fraction of sp³-hybridized carbons (Fsp3) is 0.667. The number of allylic oxidation sites excluding steroid dienone is 4. The lowest BCUT2D eigenvalue weighted by molar-refractivity contribution is 1.02. The third-order valence-corrected chi connectivity index (χ3v) is 9.29. The first-order valence-corrected chi connectivity index (χ1v) is 8.28. The molecule has 1 rings (SSSR count). The van der Waals surface area contributed by atoms with E-state index >= 15 is 0 Å². The van der Waals surface area contributed by atoms with E-state index in [4.69, 9.17) is 0 Å². The van der Waals surface area contributed by atoms with Crippen molar-refractivity contribution in [3.63, 3.8) is 0 Å². The van der Waals surface area contributed by atoms with Gasteiger partial charge in [0.15, 0.2) is 0 Å². The number of hydrogen-bond acceptors (Lipinski definition) is 0. The summed E-state index contributed by atoms with van der Waals surface area (Å²) in [5, 5.41) is 1.73. The van der Waals surface area contributed by atoms with Gasteiger partial charge in [0.25, 0.3) is 0 Å². The number of hydrogen-bond donors (Lipinski definition) is 0. The molecule has 0 aromatic carbocycles. The summed E-state index contributed by atoms with van der Waals surface area (Å²) in [6, 6.07) is 4.24. The van der Waals surface area contributed by atoms with Crippen LogP contribution in [0.25, 0.3) is 0 Å². The van der Waals surface area contributed by atoms with Crippen LogP contribution in [0.1, 0.15) is 33.6 Å². The minimum atomic E-state index is -1.04. The van der Waals surface area contributed by atoms with Crippen molar-refractivity contribution < 1.29 is 0 Å². The van der Waals surface area contributed by atoms with Crippen LogP contribution in [-0.4, -0.2) is 8.07 Å². The lowest BCUT2D eigenvalue weighted by atomic mass is 10.2. The molecule has 0 aliphatic heterocycles. The number of rotatable bonds is 4. The van der Waals surface area contributed by atoms with Gasteiger partial charge in [0.1, 0.15) is 0 Å². The Bertz CT molecular complexity index is 201. The average Bonchev–Trinajstić information content (AvgIpc) is 2.23. The molecule has 0 nitrogen and oxygen atoms in total. The van der Waals surface area contributed by atoms with E-state index in [2.05, 4.69) is 39.0 Å². The predicted octanol–water partition coefficient (Wildman–Crippen LogP) is 4.31. The van der Waals surface area contributed by atoms with Gasteiger partial charge in [0.05, 0.1) is 8.07 Å². The quantitative estimate of drug-likeness (QED) is 0.585. The summed E-state index contributed by atoms with van der Waals surface area (Å²) in [7, 11) is -1.04. The molecule has 1 aliphatic rings. The minimum Gasteiger partial charge on any atom is -0.0850 e. The Morgan fingerprint density at radius 2 is 1.69 bits per heavy atom. The first kappa shape index (κ1) is 10.8. The summed E-state index contributed by atoms with van der Waals surface area (Å²) in [6.07, 6.45) is 9.80. The van der Waals surface area contributed by atoms with Crippen molar-refractivity contribution in [2.24, 2.45) is 0 Å². The first-order chi connectivity index (χ1) is 6.29. The zero-order chi connectivity index (χ0) is 9.73. The highest BCUT2D eigenvalue weighted by molar-refractivity contribution is 6.87. The van der Waals surface area contributed by atoms with Crippen LogP contribution in [0.15, 0.2) is 23.4 Å². The van der Waals surface area contributed by atoms with Crippen molar-refractivity contribution in [2.75, 3.05) is 0 Å². The highest BCUT2D eigenvalue weighted by Gasteiger charge is 2.29. The maximum Gasteiger partial charge on any atom is 0.0854 e. The standard InChI is InChI=1S/C12H22Si/c1-4-13(5-2,6-3)12-10-8-7-9-11-12/h8,10-11H,4-7,9H2,1-3H3. The summed E-state index contributed by atoms with van der Waals surface area (Å²) in [5.41, 5.74) is 0. The van der Waals surface area contributed by atoms with Crippen molar-refractivity contribution in [2.45, 2.75) is 51.7 Å². The average molecular weight is 194 g/mol. The zero-order valence-corrected chi connectivity index (χ0v) is 10.3. The monoisotopic (exact) mass is 194 g/mol. The maximum absolute atomic E-state index is 2.50. The topological polar surface area (TPSA) is 0 Å². The molecule has 0 amide bonds. The summed E-state index contributed by atoms with van der Waals surface area (Å²) in [4.78, 5) is 0. The summed E-state index contributed by atoms with van der Waals surface area (Å²) in [6.45, 7) is 7.13. The smallest absolute Gasteiger partial charge is 0.0850 e. The summed E-state index contributed by atoms with van der Waals surface area (Å²) in [5.74, 6) is 0. The van der Waals surface area contributed by atoms with E-state index < -0.39 is 8.07 Å². The van der Waals surface area contributed by atoms with Crippen LogP contribution in [0.5, 0.6) is 0 Å². The van der Waals surface area contributed by atoms with E-state index in [0.717, 1.165) is 0 Å². The van der Waals surface area contributed by atoms with Gasteiger partial charge in [-0.1, -0.05) is 62.3 Å². The van der Waals surface area contributed by atoms with E-state index in [0.29, 0.717) is 0 Å². The third kappa shape index (κ3) is 2.14. The van der Waals surface area contributed by atoms with E-state index in [-0.39, 0.29) is 0 Å². The van der Waals surface area contributed by atoms with Gasteiger partial charge < -0.3 is 0 Å². The second-order valence-corrected chi connectivity index (χ2v) is 9.24. The second-order valence-electron chi connectivity index (χ2n) is 3.98. The highest BCUT2D eigenvalue weighted by Crippen LogP contribution is 2.31. The Balaban J connectivity index is 2.85. The van der Waals surface area contributed by atoms with Crippen LogP contribution in [0.3, 0.4) is 0 Å². The van der Waals surface area contributed by atoms with E-state index in [1.54, 1.807) is 5.20 Å². The Kier molecular flexibility index (Phi) is 3.98. The second kappa shape index (κ2) is 4.80. The Hall–Kier alpha value is -0.303. The molecular weight excluding hydrogens is 172 g/mol.